The van der Waals surface area contributed by atoms with Gasteiger partial charge in [-0.3, -0.25) is 19.3 Å². The highest BCUT2D eigenvalue weighted by atomic mass is 32.2. The van der Waals surface area contributed by atoms with Crippen LogP contribution in [0.5, 0.6) is 11.5 Å². The fraction of sp³-hybridized carbons (Fsp3) is 0.320. The summed E-state index contributed by atoms with van der Waals surface area (Å²) in [5, 5.41) is -0.437. The summed E-state index contributed by atoms with van der Waals surface area (Å²) in [4.78, 5) is 41.3. The lowest BCUT2D eigenvalue weighted by atomic mass is 10.00. The van der Waals surface area contributed by atoms with E-state index < -0.39 is 11.1 Å². The lowest BCUT2D eigenvalue weighted by molar-refractivity contribution is -0.136. The van der Waals surface area contributed by atoms with Crippen LogP contribution in [0, 0.1) is 0 Å². The number of thioether (sulfide) groups is 1. The van der Waals surface area contributed by atoms with Crippen molar-refractivity contribution in [3.05, 3.63) is 64.1 Å². The molecule has 172 valence electrons. The van der Waals surface area contributed by atoms with Crippen molar-refractivity contribution in [3.63, 3.8) is 0 Å². The van der Waals surface area contributed by atoms with Gasteiger partial charge in [0.15, 0.2) is 11.5 Å². The predicted octanol–water partition coefficient (Wildman–Crippen LogP) is 4.11. The van der Waals surface area contributed by atoms with Gasteiger partial charge < -0.3 is 14.4 Å². The lowest BCUT2D eigenvalue weighted by Crippen LogP contribution is -2.44. The van der Waals surface area contributed by atoms with Crippen molar-refractivity contribution in [2.45, 2.75) is 26.8 Å². The van der Waals surface area contributed by atoms with Gasteiger partial charge in [-0.15, -0.1) is 0 Å². The van der Waals surface area contributed by atoms with Crippen molar-refractivity contribution < 1.29 is 23.9 Å². The Morgan fingerprint density at radius 3 is 2.52 bits per heavy atom. The summed E-state index contributed by atoms with van der Waals surface area (Å²) >= 11 is 0.843. The fourth-order valence-corrected chi connectivity index (χ4v) is 4.73. The quantitative estimate of drug-likeness (QED) is 0.572. The number of benzene rings is 2. The molecule has 8 heteroatoms. The number of imide groups is 1. The molecule has 2 aliphatic heterocycles. The van der Waals surface area contributed by atoms with Gasteiger partial charge in [0, 0.05) is 13.1 Å². The van der Waals surface area contributed by atoms with Crippen LogP contribution in [0.2, 0.25) is 0 Å². The maximum absolute atomic E-state index is 12.9. The number of hydrogen-bond donors (Lipinski definition) is 0. The highest BCUT2D eigenvalue weighted by Crippen LogP contribution is 2.35. The van der Waals surface area contributed by atoms with E-state index in [9.17, 15) is 14.4 Å². The maximum atomic E-state index is 12.9. The SMILES string of the molecule is CCOc1ccc(/C=C2/SC(=O)N(CC(=O)N3CCc4ccccc4C3)C2=O)cc1OCC. The van der Waals surface area contributed by atoms with E-state index in [1.165, 1.54) is 5.56 Å². The zero-order valence-electron chi connectivity index (χ0n) is 18.7. The van der Waals surface area contributed by atoms with Crippen molar-refractivity contribution in [1.29, 1.82) is 0 Å². The number of nitrogens with zero attached hydrogens (tertiary/aromatic N) is 2. The molecular weight excluding hydrogens is 440 g/mol. The van der Waals surface area contributed by atoms with E-state index in [0.29, 0.717) is 43.4 Å². The predicted molar refractivity (Wildman–Crippen MR) is 127 cm³/mol. The van der Waals surface area contributed by atoms with Crippen LogP contribution in [-0.2, 0) is 22.6 Å². The Bertz CT molecular complexity index is 1110. The summed E-state index contributed by atoms with van der Waals surface area (Å²) in [6.45, 7) is 5.58. The first kappa shape index (κ1) is 22.9. The van der Waals surface area contributed by atoms with E-state index in [0.717, 1.165) is 28.6 Å². The second kappa shape index (κ2) is 10.1. The summed E-state index contributed by atoms with van der Waals surface area (Å²) in [5.74, 6) is 0.515. The van der Waals surface area contributed by atoms with E-state index in [2.05, 4.69) is 6.07 Å². The second-order valence-corrected chi connectivity index (χ2v) is 8.67. The molecule has 2 aliphatic rings. The van der Waals surface area contributed by atoms with Gasteiger partial charge in [0.05, 0.1) is 18.1 Å². The summed E-state index contributed by atoms with van der Waals surface area (Å²) in [6.07, 6.45) is 2.41. The average molecular weight is 467 g/mol. The summed E-state index contributed by atoms with van der Waals surface area (Å²) in [6, 6.07) is 13.4. The summed E-state index contributed by atoms with van der Waals surface area (Å²) < 4.78 is 11.2. The van der Waals surface area contributed by atoms with Gasteiger partial charge in [0.2, 0.25) is 5.91 Å². The van der Waals surface area contributed by atoms with Crippen molar-refractivity contribution in [2.24, 2.45) is 0 Å². The van der Waals surface area contributed by atoms with E-state index in [-0.39, 0.29) is 17.4 Å². The van der Waals surface area contributed by atoms with Gasteiger partial charge in [0.1, 0.15) is 6.54 Å². The van der Waals surface area contributed by atoms with Gasteiger partial charge in [0.25, 0.3) is 11.1 Å². The number of amides is 3. The Kier molecular flexibility index (Phi) is 7.03. The molecule has 2 aromatic rings. The van der Waals surface area contributed by atoms with Crippen LogP contribution in [0.3, 0.4) is 0 Å². The average Bonchev–Trinajstić information content (AvgIpc) is 3.08. The normalized spacial score (nSPS) is 16.8. The minimum absolute atomic E-state index is 0.229. The summed E-state index contributed by atoms with van der Waals surface area (Å²) in [7, 11) is 0. The highest BCUT2D eigenvalue weighted by Gasteiger charge is 2.37. The van der Waals surface area contributed by atoms with Crippen molar-refractivity contribution in [2.75, 3.05) is 26.3 Å². The first-order chi connectivity index (χ1) is 16.0. The molecule has 3 amide bonds. The molecular formula is C25H26N2O5S. The second-order valence-electron chi connectivity index (χ2n) is 7.67. The standard InChI is InChI=1S/C25H26N2O5S/c1-3-31-20-10-9-17(13-21(20)32-4-2)14-22-24(29)27(25(30)33-22)16-23(28)26-12-11-18-7-5-6-8-19(18)15-26/h5-10,13-14H,3-4,11-12,15-16H2,1-2H3/b22-14+. The molecule has 0 bridgehead atoms. The lowest BCUT2D eigenvalue weighted by Gasteiger charge is -2.29. The molecule has 0 spiro atoms. The van der Waals surface area contributed by atoms with Crippen LogP contribution in [0.4, 0.5) is 4.79 Å². The Morgan fingerprint density at radius 2 is 1.76 bits per heavy atom. The maximum Gasteiger partial charge on any atom is 0.294 e. The minimum Gasteiger partial charge on any atom is -0.490 e. The van der Waals surface area contributed by atoms with Crippen LogP contribution < -0.4 is 9.47 Å². The van der Waals surface area contributed by atoms with Crippen molar-refractivity contribution in [3.8, 4) is 11.5 Å². The first-order valence-electron chi connectivity index (χ1n) is 11.0. The number of carbonyl (C=O) groups excluding carboxylic acids is 3. The molecule has 2 aromatic carbocycles. The monoisotopic (exact) mass is 466 g/mol. The zero-order chi connectivity index (χ0) is 23.4. The molecule has 7 nitrogen and oxygen atoms in total. The Hall–Kier alpha value is -3.26. The van der Waals surface area contributed by atoms with Gasteiger partial charge in [-0.2, -0.15) is 0 Å². The van der Waals surface area contributed by atoms with Crippen LogP contribution in [0.25, 0.3) is 6.08 Å². The Balaban J connectivity index is 1.46. The van der Waals surface area contributed by atoms with E-state index >= 15 is 0 Å². The van der Waals surface area contributed by atoms with E-state index in [1.807, 2.05) is 32.0 Å². The third kappa shape index (κ3) is 5.06. The largest absolute Gasteiger partial charge is 0.490 e. The van der Waals surface area contributed by atoms with Crippen LogP contribution >= 0.6 is 11.8 Å². The third-order valence-corrected chi connectivity index (χ3v) is 6.42. The third-order valence-electron chi connectivity index (χ3n) is 5.52. The number of fused-ring (bicyclic) bond motifs is 1. The molecule has 0 N–H and O–H groups in total. The molecule has 33 heavy (non-hydrogen) atoms. The molecule has 1 fully saturated rings. The molecule has 0 aromatic heterocycles. The zero-order valence-corrected chi connectivity index (χ0v) is 19.5. The molecule has 0 unspecified atom stereocenters. The molecule has 0 saturated carbocycles. The Morgan fingerprint density at radius 1 is 1.03 bits per heavy atom. The Labute approximate surface area is 197 Å². The number of hydrogen-bond acceptors (Lipinski definition) is 6. The van der Waals surface area contributed by atoms with Gasteiger partial charge in [-0.1, -0.05) is 30.3 Å². The molecule has 0 atom stereocenters. The molecule has 4 rings (SSSR count). The molecule has 0 aliphatic carbocycles. The van der Waals surface area contributed by atoms with Crippen LogP contribution in [-0.4, -0.2) is 53.2 Å². The van der Waals surface area contributed by atoms with E-state index in [1.54, 1.807) is 29.2 Å². The topological polar surface area (TPSA) is 76.2 Å². The van der Waals surface area contributed by atoms with Gasteiger partial charge in [-0.05, 0) is 66.9 Å². The van der Waals surface area contributed by atoms with E-state index in [4.69, 9.17) is 9.47 Å². The highest BCUT2D eigenvalue weighted by molar-refractivity contribution is 8.18. The molecule has 2 heterocycles. The summed E-state index contributed by atoms with van der Waals surface area (Å²) in [5.41, 5.74) is 3.05. The van der Waals surface area contributed by atoms with Crippen molar-refractivity contribution in [1.82, 2.24) is 9.80 Å². The molecule has 0 radical (unpaired) electrons. The number of carbonyl (C=O) groups is 3. The van der Waals surface area contributed by atoms with Gasteiger partial charge >= 0.3 is 0 Å². The van der Waals surface area contributed by atoms with Crippen LogP contribution in [0.1, 0.15) is 30.5 Å². The number of rotatable bonds is 7. The number of ether oxygens (including phenoxy) is 2. The minimum atomic E-state index is -0.456. The van der Waals surface area contributed by atoms with Crippen molar-refractivity contribution >= 4 is 34.9 Å². The first-order valence-corrected chi connectivity index (χ1v) is 11.8. The van der Waals surface area contributed by atoms with Crippen LogP contribution in [0.15, 0.2) is 47.4 Å². The smallest absolute Gasteiger partial charge is 0.294 e. The fourth-order valence-electron chi connectivity index (χ4n) is 3.89. The molecule has 1 saturated heterocycles. The van der Waals surface area contributed by atoms with Gasteiger partial charge in [-0.25, -0.2) is 0 Å².